The van der Waals surface area contributed by atoms with Gasteiger partial charge in [0, 0.05) is 38.5 Å². The third kappa shape index (κ3) is 3.61. The number of anilines is 1. The number of likely N-dealkylation sites (tertiary alicyclic amines) is 1. The molecule has 0 radical (unpaired) electrons. The topological polar surface area (TPSA) is 90.4 Å². The van der Waals surface area contributed by atoms with Gasteiger partial charge < -0.3 is 24.5 Å². The highest BCUT2D eigenvalue weighted by Gasteiger charge is 2.71. The lowest BCUT2D eigenvalue weighted by Crippen LogP contribution is -2.55. The van der Waals surface area contributed by atoms with Crippen molar-refractivity contribution < 1.29 is 24.2 Å². The number of rotatable bonds is 6. The van der Waals surface area contributed by atoms with Crippen LogP contribution in [0.1, 0.15) is 30.9 Å². The normalized spacial score (nSPS) is 31.4. The standard InChI is InChI=1S/C28H35N3O5/c1-4-13-29-14-6-11-20-21(25(29)33)22-26(34)31(16-8-17-32)24-27(35)30(15-7-12-28(22,24)36-20)23-18(2)9-5-10-19(23)3/h5-7,9-12,20-22,24,32H,4,8,13-17H2,1-3H3/t20-,21+,22-,24?,28-/m0/s1. The predicted octanol–water partition coefficient (Wildman–Crippen LogP) is 1.98. The molecule has 0 aliphatic carbocycles. The van der Waals surface area contributed by atoms with E-state index in [0.29, 0.717) is 26.1 Å². The molecule has 1 N–H and O–H groups in total. The van der Waals surface area contributed by atoms with E-state index >= 15 is 0 Å². The summed E-state index contributed by atoms with van der Waals surface area (Å²) in [6.07, 6.45) is 8.18. The second kappa shape index (κ2) is 9.48. The Hall–Kier alpha value is -2.97. The van der Waals surface area contributed by atoms with Crippen molar-refractivity contribution >= 4 is 23.4 Å². The van der Waals surface area contributed by atoms with Gasteiger partial charge in [-0.1, -0.05) is 49.4 Å². The van der Waals surface area contributed by atoms with E-state index in [1.165, 1.54) is 0 Å². The second-order valence-corrected chi connectivity index (χ2v) is 10.3. The Morgan fingerprint density at radius 2 is 1.78 bits per heavy atom. The molecule has 36 heavy (non-hydrogen) atoms. The summed E-state index contributed by atoms with van der Waals surface area (Å²) in [6, 6.07) is 5.00. The van der Waals surface area contributed by atoms with Gasteiger partial charge in [0.25, 0.3) is 5.91 Å². The molecular weight excluding hydrogens is 458 g/mol. The van der Waals surface area contributed by atoms with Crippen LogP contribution in [0.15, 0.2) is 42.5 Å². The number of amides is 3. The Morgan fingerprint density at radius 1 is 1.03 bits per heavy atom. The van der Waals surface area contributed by atoms with Gasteiger partial charge in [-0.3, -0.25) is 14.4 Å². The van der Waals surface area contributed by atoms with Crippen molar-refractivity contribution in [2.75, 3.05) is 37.7 Å². The van der Waals surface area contributed by atoms with Crippen molar-refractivity contribution in [2.45, 2.75) is 51.4 Å². The summed E-state index contributed by atoms with van der Waals surface area (Å²) in [5, 5.41) is 9.55. The van der Waals surface area contributed by atoms with Gasteiger partial charge >= 0.3 is 0 Å². The summed E-state index contributed by atoms with van der Waals surface area (Å²) in [4.78, 5) is 47.2. The molecule has 0 aromatic heterocycles. The first kappa shape index (κ1) is 24.7. The van der Waals surface area contributed by atoms with Crippen LogP contribution >= 0.6 is 0 Å². The maximum Gasteiger partial charge on any atom is 0.253 e. The number of hydrogen-bond donors (Lipinski definition) is 1. The minimum Gasteiger partial charge on any atom is -0.396 e. The first-order valence-electron chi connectivity index (χ1n) is 13.0. The average Bonchev–Trinajstić information content (AvgIpc) is 3.16. The molecule has 5 atom stereocenters. The van der Waals surface area contributed by atoms with E-state index in [1.807, 2.05) is 63.3 Å². The molecule has 4 heterocycles. The maximum atomic E-state index is 14.3. The molecule has 192 valence electrons. The highest BCUT2D eigenvalue weighted by Crippen LogP contribution is 2.53. The minimum atomic E-state index is -1.24. The van der Waals surface area contributed by atoms with Gasteiger partial charge in [-0.05, 0) is 37.8 Å². The molecule has 5 rings (SSSR count). The summed E-state index contributed by atoms with van der Waals surface area (Å²) < 4.78 is 6.64. The number of benzene rings is 1. The third-order valence-corrected chi connectivity index (χ3v) is 8.00. The molecule has 2 saturated heterocycles. The lowest BCUT2D eigenvalue weighted by Gasteiger charge is -2.36. The van der Waals surface area contributed by atoms with Crippen molar-refractivity contribution in [3.05, 3.63) is 53.6 Å². The van der Waals surface area contributed by atoms with Crippen LogP contribution in [0.25, 0.3) is 0 Å². The molecule has 0 saturated carbocycles. The van der Waals surface area contributed by atoms with E-state index < -0.39 is 29.6 Å². The van der Waals surface area contributed by atoms with Crippen molar-refractivity contribution in [3.8, 4) is 0 Å². The Balaban J connectivity index is 1.62. The van der Waals surface area contributed by atoms with Gasteiger partial charge in [-0.25, -0.2) is 0 Å². The number of para-hydroxylation sites is 1. The van der Waals surface area contributed by atoms with E-state index in [-0.39, 0.29) is 30.9 Å². The summed E-state index contributed by atoms with van der Waals surface area (Å²) >= 11 is 0. The Labute approximate surface area is 212 Å². The van der Waals surface area contributed by atoms with Crippen molar-refractivity contribution in [3.63, 3.8) is 0 Å². The fourth-order valence-electron chi connectivity index (χ4n) is 6.57. The molecule has 3 amide bonds. The first-order chi connectivity index (χ1) is 17.4. The number of carbonyl (C=O) groups is 3. The van der Waals surface area contributed by atoms with Gasteiger partial charge in [-0.15, -0.1) is 0 Å². The SMILES string of the molecule is CCCN1CC=C[C@@H]2O[C@]34C=CCN(c5c(C)cccc5C)C(=O)C3N(CCCO)C(=O)[C@@H]4[C@@H]2C1=O. The van der Waals surface area contributed by atoms with Gasteiger partial charge in [0.15, 0.2) is 0 Å². The second-order valence-electron chi connectivity index (χ2n) is 10.3. The Bertz CT molecular complexity index is 1110. The fourth-order valence-corrected chi connectivity index (χ4v) is 6.57. The van der Waals surface area contributed by atoms with Crippen molar-refractivity contribution in [2.24, 2.45) is 11.8 Å². The maximum absolute atomic E-state index is 14.3. The van der Waals surface area contributed by atoms with E-state index in [4.69, 9.17) is 4.74 Å². The number of hydrogen-bond acceptors (Lipinski definition) is 5. The van der Waals surface area contributed by atoms with Crippen LogP contribution in [0, 0.1) is 25.7 Å². The largest absolute Gasteiger partial charge is 0.396 e. The summed E-state index contributed by atoms with van der Waals surface area (Å²) in [7, 11) is 0. The zero-order chi connectivity index (χ0) is 25.6. The van der Waals surface area contributed by atoms with Crippen LogP contribution in [-0.2, 0) is 19.1 Å². The van der Waals surface area contributed by atoms with E-state index in [1.54, 1.807) is 14.7 Å². The molecule has 1 aromatic rings. The quantitative estimate of drug-likeness (QED) is 0.612. The number of aliphatic hydroxyl groups excluding tert-OH is 1. The van der Waals surface area contributed by atoms with Crippen LogP contribution in [0.2, 0.25) is 0 Å². The summed E-state index contributed by atoms with van der Waals surface area (Å²) in [5.74, 6) is -2.04. The lowest BCUT2D eigenvalue weighted by atomic mass is 9.77. The number of nitrogens with zero attached hydrogens (tertiary/aromatic N) is 3. The zero-order valence-corrected chi connectivity index (χ0v) is 21.2. The number of aliphatic hydroxyl groups is 1. The number of ether oxygens (including phenoxy) is 1. The van der Waals surface area contributed by atoms with Gasteiger partial charge in [0.2, 0.25) is 11.8 Å². The third-order valence-electron chi connectivity index (χ3n) is 8.00. The molecule has 1 unspecified atom stereocenters. The van der Waals surface area contributed by atoms with E-state index in [9.17, 15) is 19.5 Å². The lowest BCUT2D eigenvalue weighted by molar-refractivity contribution is -0.144. The van der Waals surface area contributed by atoms with E-state index in [2.05, 4.69) is 0 Å². The molecule has 1 aromatic carbocycles. The number of fused-ring (bicyclic) bond motifs is 2. The van der Waals surface area contributed by atoms with Gasteiger partial charge in [0.05, 0.1) is 17.9 Å². The molecule has 8 heteroatoms. The van der Waals surface area contributed by atoms with Crippen LogP contribution in [0.5, 0.6) is 0 Å². The molecular formula is C28H35N3O5. The molecule has 4 aliphatic heterocycles. The van der Waals surface area contributed by atoms with Gasteiger partial charge in [-0.2, -0.15) is 0 Å². The summed E-state index contributed by atoms with van der Waals surface area (Å²) in [5.41, 5.74) is 1.54. The highest BCUT2D eigenvalue weighted by molar-refractivity contribution is 6.06. The monoisotopic (exact) mass is 493 g/mol. The van der Waals surface area contributed by atoms with E-state index in [0.717, 1.165) is 23.2 Å². The molecule has 1 spiro atoms. The van der Waals surface area contributed by atoms with Crippen LogP contribution in [0.3, 0.4) is 0 Å². The highest BCUT2D eigenvalue weighted by atomic mass is 16.5. The van der Waals surface area contributed by atoms with Crippen molar-refractivity contribution in [1.29, 1.82) is 0 Å². The van der Waals surface area contributed by atoms with Crippen LogP contribution in [-0.4, -0.2) is 83.2 Å². The molecule has 8 nitrogen and oxygen atoms in total. The smallest absolute Gasteiger partial charge is 0.253 e. The molecule has 4 aliphatic rings. The van der Waals surface area contributed by atoms with Crippen molar-refractivity contribution in [1.82, 2.24) is 9.80 Å². The van der Waals surface area contributed by atoms with Crippen LogP contribution in [0.4, 0.5) is 5.69 Å². The molecule has 0 bridgehead atoms. The zero-order valence-electron chi connectivity index (χ0n) is 21.2. The number of aryl methyl sites for hydroxylation is 2. The minimum absolute atomic E-state index is 0.0958. The van der Waals surface area contributed by atoms with Crippen LogP contribution < -0.4 is 4.90 Å². The van der Waals surface area contributed by atoms with Gasteiger partial charge in [0.1, 0.15) is 11.6 Å². The average molecular weight is 494 g/mol. The molecule has 2 fully saturated rings. The Morgan fingerprint density at radius 3 is 2.47 bits per heavy atom. The Kier molecular flexibility index (Phi) is 6.51. The number of carbonyl (C=O) groups excluding carboxylic acids is 3. The predicted molar refractivity (Wildman–Crippen MR) is 135 cm³/mol. The summed E-state index contributed by atoms with van der Waals surface area (Å²) in [6.45, 7) is 7.54. The first-order valence-corrected chi connectivity index (χ1v) is 13.0. The fraction of sp³-hybridized carbons (Fsp3) is 0.536.